The van der Waals surface area contributed by atoms with Crippen LogP contribution in [0.5, 0.6) is 0 Å². The fourth-order valence-electron chi connectivity index (χ4n) is 5.77. The summed E-state index contributed by atoms with van der Waals surface area (Å²) in [4.78, 5) is 6.09. The van der Waals surface area contributed by atoms with Gasteiger partial charge < -0.3 is 30.3 Å². The number of rotatable bonds is 7. The normalized spacial score (nSPS) is 28.4. The summed E-state index contributed by atoms with van der Waals surface area (Å²) in [6.07, 6.45) is 10.0. The van der Waals surface area contributed by atoms with Crippen LogP contribution in [-0.2, 0) is 26.7 Å². The van der Waals surface area contributed by atoms with E-state index in [1.165, 1.54) is 51.4 Å². The van der Waals surface area contributed by atoms with E-state index in [-0.39, 0.29) is 0 Å². The van der Waals surface area contributed by atoms with E-state index in [2.05, 4.69) is 33.4 Å². The zero-order valence-corrected chi connectivity index (χ0v) is 23.8. The van der Waals surface area contributed by atoms with Gasteiger partial charge in [0.2, 0.25) is 0 Å². The summed E-state index contributed by atoms with van der Waals surface area (Å²) in [6, 6.07) is 6.21. The molecule has 4 N–H and O–H groups in total. The maximum absolute atomic E-state index is 13.0. The minimum Gasteiger partial charge on any atom is -0.311 e. The van der Waals surface area contributed by atoms with Crippen molar-refractivity contribution in [2.75, 3.05) is 31.8 Å². The summed E-state index contributed by atoms with van der Waals surface area (Å²) in [7, 11) is -3.11. The maximum atomic E-state index is 13.0. The third-order valence-electron chi connectivity index (χ3n) is 7.51. The molecule has 0 radical (unpaired) electrons. The first kappa shape index (κ1) is 28.5. The van der Waals surface area contributed by atoms with Gasteiger partial charge in [0.05, 0.1) is 24.6 Å². The molecule has 2 heterocycles. The highest BCUT2D eigenvalue weighted by Gasteiger charge is 2.27. The molecule has 2 fully saturated rings. The lowest BCUT2D eigenvalue weighted by molar-refractivity contribution is 0.224. The van der Waals surface area contributed by atoms with Crippen molar-refractivity contribution in [1.29, 1.82) is 0 Å². The van der Waals surface area contributed by atoms with Crippen molar-refractivity contribution in [2.24, 2.45) is 0 Å². The van der Waals surface area contributed by atoms with Crippen molar-refractivity contribution >= 4 is 19.4 Å². The fraction of sp³-hybridized carbons (Fsp3) is 0.808. The number of aromatic nitrogens is 1. The Morgan fingerprint density at radius 3 is 1.69 bits per heavy atom. The van der Waals surface area contributed by atoms with Gasteiger partial charge in [0.15, 0.2) is 0 Å². The Bertz CT molecular complexity index is 805. The molecule has 4 atom stereocenters. The smallest absolute Gasteiger partial charge is 0.311 e. The number of fused-ring (bicyclic) bond motifs is 4. The van der Waals surface area contributed by atoms with E-state index in [0.717, 1.165) is 42.5 Å². The van der Waals surface area contributed by atoms with Crippen molar-refractivity contribution in [3.63, 3.8) is 0 Å². The van der Waals surface area contributed by atoms with E-state index < -0.39 is 7.60 Å². The molecule has 0 spiro atoms. The third kappa shape index (κ3) is 8.50. The van der Waals surface area contributed by atoms with Gasteiger partial charge in [0, 0.05) is 55.2 Å². The van der Waals surface area contributed by atoms with Crippen LogP contribution in [0.1, 0.15) is 76.6 Å². The van der Waals surface area contributed by atoms with Gasteiger partial charge in [0.25, 0.3) is 0 Å². The lowest BCUT2D eigenvalue weighted by Gasteiger charge is -2.34. The molecule has 36 heavy (non-hydrogen) atoms. The van der Waals surface area contributed by atoms with Gasteiger partial charge in [-0.15, -0.1) is 11.8 Å². The van der Waals surface area contributed by atoms with Crippen LogP contribution in [0.3, 0.4) is 0 Å². The van der Waals surface area contributed by atoms with Gasteiger partial charge in [-0.25, -0.2) is 0 Å². The average Bonchev–Trinajstić information content (AvgIpc) is 2.89. The van der Waals surface area contributed by atoms with Crippen LogP contribution in [-0.4, -0.2) is 60.9 Å². The second kappa shape index (κ2) is 14.6. The van der Waals surface area contributed by atoms with Gasteiger partial charge >= 0.3 is 7.60 Å². The van der Waals surface area contributed by atoms with Crippen LogP contribution < -0.4 is 21.3 Å². The second-order valence-corrected chi connectivity index (χ2v) is 13.7. The lowest BCUT2D eigenvalue weighted by Crippen LogP contribution is -2.53. The lowest BCUT2D eigenvalue weighted by atomic mass is 9.89. The Morgan fingerprint density at radius 1 is 0.806 bits per heavy atom. The molecule has 1 aromatic rings. The summed E-state index contributed by atoms with van der Waals surface area (Å²) < 4.78 is 24.1. The Balaban J connectivity index is 1.53. The van der Waals surface area contributed by atoms with E-state index in [0.29, 0.717) is 42.9 Å². The highest BCUT2D eigenvalue weighted by atomic mass is 32.2. The van der Waals surface area contributed by atoms with Crippen LogP contribution in [0.2, 0.25) is 0 Å². The SMILES string of the molecule is CCOP(=O)(CSc1cc2nc(c1)CN[C@@H]1CCCC[C@H]1NCCNC1CCCCC1NC2)OCC. The quantitative estimate of drug-likeness (QED) is 0.297. The molecule has 0 aromatic carbocycles. The number of hydrogen-bond donors (Lipinski definition) is 4. The molecule has 4 rings (SSSR count). The first-order valence-electron chi connectivity index (χ1n) is 14.0. The average molecular weight is 540 g/mol. The van der Waals surface area contributed by atoms with Crippen molar-refractivity contribution in [2.45, 2.75) is 107 Å². The number of thioether (sulfide) groups is 1. The first-order chi connectivity index (χ1) is 17.6. The molecule has 204 valence electrons. The highest BCUT2D eigenvalue weighted by Crippen LogP contribution is 2.52. The van der Waals surface area contributed by atoms with Crippen LogP contribution in [0, 0.1) is 0 Å². The summed E-state index contributed by atoms with van der Waals surface area (Å²) in [5.41, 5.74) is 2.38. The highest BCUT2D eigenvalue weighted by molar-refractivity contribution is 8.04. The van der Waals surface area contributed by atoms with Crippen LogP contribution >= 0.6 is 19.4 Å². The molecule has 8 nitrogen and oxygen atoms in total. The molecule has 0 amide bonds. The first-order valence-corrected chi connectivity index (χ1v) is 16.7. The predicted octanol–water partition coefficient (Wildman–Crippen LogP) is 4.39. The molecule has 2 aliphatic carbocycles. The zero-order chi connectivity index (χ0) is 25.2. The molecule has 2 bridgehead atoms. The van der Waals surface area contributed by atoms with Crippen molar-refractivity contribution in [3.05, 3.63) is 23.5 Å². The van der Waals surface area contributed by atoms with Gasteiger partial charge in [-0.05, 0) is 51.7 Å². The summed E-state index contributed by atoms with van der Waals surface area (Å²) in [5, 5.41) is 15.3. The van der Waals surface area contributed by atoms with Crippen LogP contribution in [0.4, 0.5) is 0 Å². The van der Waals surface area contributed by atoms with Gasteiger partial charge in [-0.2, -0.15) is 0 Å². The van der Waals surface area contributed by atoms with E-state index in [4.69, 9.17) is 14.0 Å². The fourth-order valence-corrected chi connectivity index (χ4v) is 8.89. The number of hydrogen-bond acceptors (Lipinski definition) is 9. The predicted molar refractivity (Wildman–Crippen MR) is 148 cm³/mol. The van der Waals surface area contributed by atoms with Crippen molar-refractivity contribution in [3.8, 4) is 0 Å². The molecule has 1 aliphatic heterocycles. The number of nitrogens with zero attached hydrogens (tertiary/aromatic N) is 1. The minimum absolute atomic E-state index is 0.307. The molecular formula is C26H46N5O3PS. The zero-order valence-electron chi connectivity index (χ0n) is 22.1. The summed E-state index contributed by atoms with van der Waals surface area (Å²) >= 11 is 1.55. The monoisotopic (exact) mass is 539 g/mol. The Morgan fingerprint density at radius 2 is 1.25 bits per heavy atom. The van der Waals surface area contributed by atoms with E-state index in [1.807, 2.05) is 13.8 Å². The van der Waals surface area contributed by atoms with Gasteiger partial charge in [0.1, 0.15) is 5.49 Å². The van der Waals surface area contributed by atoms with E-state index in [1.54, 1.807) is 11.8 Å². The van der Waals surface area contributed by atoms with Crippen LogP contribution in [0.15, 0.2) is 17.0 Å². The van der Waals surface area contributed by atoms with Gasteiger partial charge in [-0.3, -0.25) is 9.55 Å². The largest absolute Gasteiger partial charge is 0.340 e. The molecular weight excluding hydrogens is 493 g/mol. The second-order valence-electron chi connectivity index (χ2n) is 10.2. The number of nitrogens with one attached hydrogen (secondary N) is 4. The van der Waals surface area contributed by atoms with Gasteiger partial charge in [-0.1, -0.05) is 25.7 Å². The Kier molecular flexibility index (Phi) is 11.5. The minimum atomic E-state index is -3.11. The topological polar surface area (TPSA) is 96.5 Å². The molecule has 2 saturated carbocycles. The molecule has 2 unspecified atom stereocenters. The summed E-state index contributed by atoms with van der Waals surface area (Å²) in [6.45, 7) is 7.98. The Labute approximate surface area is 221 Å². The molecule has 1 aromatic heterocycles. The molecule has 10 heteroatoms. The van der Waals surface area contributed by atoms with E-state index >= 15 is 0 Å². The Hall–Kier alpha value is -0.510. The standard InChI is InChI=1S/C26H46N5O3PS/c1-3-33-35(32,34-4-2)19-36-22-15-20-17-29-25-11-7-5-9-23(25)27-13-14-28-24-10-6-8-12-26(24)30-18-21(16-22)31-20/h15-16,23-30H,3-14,17-19H2,1-2H3/t23-,24?,25-,26?/m1/s1. The summed E-state index contributed by atoms with van der Waals surface area (Å²) in [5.74, 6) is 0. The number of pyridine rings is 1. The molecule has 3 aliphatic rings. The van der Waals surface area contributed by atoms with E-state index in [9.17, 15) is 4.57 Å². The maximum Gasteiger partial charge on any atom is 0.340 e. The van der Waals surface area contributed by atoms with Crippen LogP contribution in [0.25, 0.3) is 0 Å². The van der Waals surface area contributed by atoms with Crippen molar-refractivity contribution < 1.29 is 13.6 Å². The van der Waals surface area contributed by atoms with Crippen molar-refractivity contribution in [1.82, 2.24) is 26.3 Å². The molecule has 0 saturated heterocycles. The third-order valence-corrected chi connectivity index (χ3v) is 11.2.